The van der Waals surface area contributed by atoms with Gasteiger partial charge in [0.15, 0.2) is 13.2 Å². The van der Waals surface area contributed by atoms with Gasteiger partial charge in [-0.2, -0.15) is 0 Å². The van der Waals surface area contributed by atoms with E-state index in [0.717, 1.165) is 23.6 Å². The van der Waals surface area contributed by atoms with Gasteiger partial charge in [-0.1, -0.05) is 26.2 Å². The second kappa shape index (κ2) is 2.81. The zero-order chi connectivity index (χ0) is 8.55. The minimum absolute atomic E-state index is 0.373. The Hall–Kier alpha value is -0.985. The standard InChI is InChI=1S/C9H11BNO/c1-6(2)9-11-8-7(12-9)4-3-5-10-8/h3-4,6H,5H2,1-2H3. The van der Waals surface area contributed by atoms with Gasteiger partial charge in [-0.3, -0.25) is 0 Å². The van der Waals surface area contributed by atoms with Gasteiger partial charge in [-0.05, 0) is 6.08 Å². The number of oxazole rings is 1. The summed E-state index contributed by atoms with van der Waals surface area (Å²) in [5.41, 5.74) is 1.00. The summed E-state index contributed by atoms with van der Waals surface area (Å²) in [6, 6.07) is 0. The lowest BCUT2D eigenvalue weighted by Crippen LogP contribution is -2.19. The van der Waals surface area contributed by atoms with Crippen molar-refractivity contribution in [3.8, 4) is 0 Å². The predicted octanol–water partition coefficient (Wildman–Crippen LogP) is 1.57. The van der Waals surface area contributed by atoms with Crippen molar-refractivity contribution in [3.63, 3.8) is 0 Å². The minimum atomic E-state index is 0.373. The largest absolute Gasteiger partial charge is 0.442 e. The van der Waals surface area contributed by atoms with E-state index in [4.69, 9.17) is 4.42 Å². The third-order valence-electron chi connectivity index (χ3n) is 1.91. The summed E-state index contributed by atoms with van der Waals surface area (Å²) in [6.07, 6.45) is 5.04. The number of allylic oxidation sites excluding steroid dienone is 1. The Morgan fingerprint density at radius 2 is 2.42 bits per heavy atom. The maximum Gasteiger partial charge on any atom is 0.196 e. The second-order valence-electron chi connectivity index (χ2n) is 3.30. The maximum absolute atomic E-state index is 5.54. The second-order valence-corrected chi connectivity index (χ2v) is 3.30. The normalized spacial score (nSPS) is 14.6. The highest BCUT2D eigenvalue weighted by Gasteiger charge is 2.15. The van der Waals surface area contributed by atoms with E-state index >= 15 is 0 Å². The molecule has 61 valence electrons. The highest BCUT2D eigenvalue weighted by atomic mass is 16.4. The quantitative estimate of drug-likeness (QED) is 0.582. The van der Waals surface area contributed by atoms with Crippen LogP contribution in [0.25, 0.3) is 6.08 Å². The zero-order valence-corrected chi connectivity index (χ0v) is 7.37. The minimum Gasteiger partial charge on any atom is -0.442 e. The van der Waals surface area contributed by atoms with Crippen LogP contribution in [0.3, 0.4) is 0 Å². The van der Waals surface area contributed by atoms with Gasteiger partial charge in [0.25, 0.3) is 0 Å². The van der Waals surface area contributed by atoms with Crippen LogP contribution < -0.4 is 5.59 Å². The van der Waals surface area contributed by atoms with E-state index in [1.54, 1.807) is 0 Å². The first kappa shape index (κ1) is 7.65. The molecule has 0 saturated heterocycles. The third-order valence-corrected chi connectivity index (χ3v) is 1.91. The van der Waals surface area contributed by atoms with Gasteiger partial charge >= 0.3 is 0 Å². The molecular formula is C9H11BNO. The summed E-state index contributed by atoms with van der Waals surface area (Å²) >= 11 is 0. The smallest absolute Gasteiger partial charge is 0.196 e. The molecule has 1 aromatic rings. The van der Waals surface area contributed by atoms with Crippen LogP contribution in [-0.2, 0) is 0 Å². The molecule has 0 unspecified atom stereocenters. The van der Waals surface area contributed by atoms with Crippen LogP contribution >= 0.6 is 0 Å². The van der Waals surface area contributed by atoms with Crippen molar-refractivity contribution in [2.24, 2.45) is 0 Å². The van der Waals surface area contributed by atoms with Gasteiger partial charge in [0.2, 0.25) is 0 Å². The fourth-order valence-corrected chi connectivity index (χ4v) is 1.23. The van der Waals surface area contributed by atoms with Crippen molar-refractivity contribution in [2.45, 2.75) is 26.1 Å². The van der Waals surface area contributed by atoms with E-state index in [-0.39, 0.29) is 0 Å². The molecule has 2 heterocycles. The fraction of sp³-hybridized carbons (Fsp3) is 0.444. The Bertz CT molecular complexity index is 314. The van der Waals surface area contributed by atoms with Crippen LogP contribution in [0.4, 0.5) is 0 Å². The van der Waals surface area contributed by atoms with E-state index in [2.05, 4.69) is 32.2 Å². The van der Waals surface area contributed by atoms with Crippen molar-refractivity contribution in [2.75, 3.05) is 0 Å². The Morgan fingerprint density at radius 3 is 3.08 bits per heavy atom. The molecule has 2 rings (SSSR count). The highest BCUT2D eigenvalue weighted by molar-refractivity contribution is 6.54. The average molecular weight is 160 g/mol. The van der Waals surface area contributed by atoms with E-state index in [1.165, 1.54) is 0 Å². The summed E-state index contributed by atoms with van der Waals surface area (Å²) in [6.45, 7) is 4.17. The van der Waals surface area contributed by atoms with Gasteiger partial charge in [-0.25, -0.2) is 4.98 Å². The number of aromatic nitrogens is 1. The van der Waals surface area contributed by atoms with Crippen molar-refractivity contribution in [1.29, 1.82) is 0 Å². The Kier molecular flexibility index (Phi) is 1.79. The summed E-state index contributed by atoms with van der Waals surface area (Å²) in [5, 5.41) is 0. The van der Waals surface area contributed by atoms with Crippen molar-refractivity contribution >= 4 is 18.9 Å². The third kappa shape index (κ3) is 1.19. The van der Waals surface area contributed by atoms with Gasteiger partial charge in [0, 0.05) is 11.5 Å². The summed E-state index contributed by atoms with van der Waals surface area (Å²) in [4.78, 5) is 4.38. The summed E-state index contributed by atoms with van der Waals surface area (Å²) in [7, 11) is 2.09. The van der Waals surface area contributed by atoms with Gasteiger partial charge < -0.3 is 4.42 Å². The van der Waals surface area contributed by atoms with Crippen LogP contribution in [-0.4, -0.2) is 12.3 Å². The molecule has 0 N–H and O–H groups in total. The van der Waals surface area contributed by atoms with Crippen LogP contribution in [0.2, 0.25) is 6.32 Å². The zero-order valence-electron chi connectivity index (χ0n) is 7.37. The van der Waals surface area contributed by atoms with E-state index in [1.807, 2.05) is 6.08 Å². The van der Waals surface area contributed by atoms with Gasteiger partial charge in [-0.15, -0.1) is 0 Å². The average Bonchev–Trinajstić information content (AvgIpc) is 2.46. The number of hydrogen-bond acceptors (Lipinski definition) is 2. The molecule has 1 aliphatic rings. The molecule has 3 heteroatoms. The van der Waals surface area contributed by atoms with Gasteiger partial charge in [0.05, 0.1) is 0 Å². The molecule has 0 atom stereocenters. The van der Waals surface area contributed by atoms with Crippen LogP contribution in [0.15, 0.2) is 10.5 Å². The number of hydrogen-bond donors (Lipinski definition) is 0. The topological polar surface area (TPSA) is 26.0 Å². The molecule has 1 radical (unpaired) electrons. The van der Waals surface area contributed by atoms with Gasteiger partial charge in [0.1, 0.15) is 5.76 Å². The summed E-state index contributed by atoms with van der Waals surface area (Å²) < 4.78 is 5.54. The highest BCUT2D eigenvalue weighted by Crippen LogP contribution is 2.15. The monoisotopic (exact) mass is 160 g/mol. The van der Waals surface area contributed by atoms with Crippen molar-refractivity contribution < 1.29 is 4.42 Å². The first-order valence-electron chi connectivity index (χ1n) is 4.28. The Labute approximate surface area is 72.9 Å². The molecule has 0 aromatic carbocycles. The fourth-order valence-electron chi connectivity index (χ4n) is 1.23. The summed E-state index contributed by atoms with van der Waals surface area (Å²) in [5.74, 6) is 2.12. The lowest BCUT2D eigenvalue weighted by atomic mass is 9.68. The maximum atomic E-state index is 5.54. The molecule has 0 aliphatic carbocycles. The number of nitrogens with zero attached hydrogens (tertiary/aromatic N) is 1. The van der Waals surface area contributed by atoms with Crippen LogP contribution in [0.5, 0.6) is 0 Å². The molecule has 12 heavy (non-hydrogen) atoms. The van der Waals surface area contributed by atoms with Crippen LogP contribution in [0.1, 0.15) is 31.4 Å². The Balaban J connectivity index is 2.39. The molecular weight excluding hydrogens is 149 g/mol. The number of rotatable bonds is 1. The van der Waals surface area contributed by atoms with E-state index in [0.29, 0.717) is 5.92 Å². The predicted molar refractivity (Wildman–Crippen MR) is 49.8 cm³/mol. The molecule has 0 saturated carbocycles. The van der Waals surface area contributed by atoms with E-state index in [9.17, 15) is 0 Å². The lowest BCUT2D eigenvalue weighted by Gasteiger charge is -1.96. The van der Waals surface area contributed by atoms with Crippen LogP contribution in [0, 0.1) is 0 Å². The molecule has 0 bridgehead atoms. The molecule has 0 spiro atoms. The SMILES string of the molecule is CC(C)c1nc2c(o1)C=CC[B]2. The first-order chi connectivity index (χ1) is 5.77. The lowest BCUT2D eigenvalue weighted by molar-refractivity contribution is 0.464. The molecule has 1 aliphatic heterocycles. The molecule has 1 aromatic heterocycles. The van der Waals surface area contributed by atoms with Crippen molar-refractivity contribution in [1.82, 2.24) is 4.98 Å². The van der Waals surface area contributed by atoms with Crippen molar-refractivity contribution in [3.05, 3.63) is 17.7 Å². The number of fused-ring (bicyclic) bond motifs is 1. The molecule has 0 fully saturated rings. The van der Waals surface area contributed by atoms with E-state index < -0.39 is 0 Å². The Morgan fingerprint density at radius 1 is 1.58 bits per heavy atom. The molecule has 2 nitrogen and oxygen atoms in total. The first-order valence-corrected chi connectivity index (χ1v) is 4.28. The molecule has 0 amide bonds.